The maximum Gasteiger partial charge on any atom is 0.225 e. The number of methoxy groups -OCH3 is 2. The molecule has 2 aromatic rings. The third kappa shape index (κ3) is 4.58. The highest BCUT2D eigenvalue weighted by Gasteiger charge is 2.21. The van der Waals surface area contributed by atoms with Crippen molar-refractivity contribution in [2.24, 2.45) is 4.99 Å². The zero-order chi connectivity index (χ0) is 19.1. The summed E-state index contributed by atoms with van der Waals surface area (Å²) in [5.41, 5.74) is 1.10. The molecule has 1 saturated heterocycles. The summed E-state index contributed by atoms with van der Waals surface area (Å²) in [5, 5.41) is 3.43. The summed E-state index contributed by atoms with van der Waals surface area (Å²) in [7, 11) is 5.09. The topological polar surface area (TPSA) is 75.1 Å². The van der Waals surface area contributed by atoms with Crippen LogP contribution >= 0.6 is 0 Å². The van der Waals surface area contributed by atoms with E-state index in [2.05, 4.69) is 30.1 Å². The van der Waals surface area contributed by atoms with E-state index in [0.717, 1.165) is 55.1 Å². The van der Waals surface area contributed by atoms with E-state index in [9.17, 15) is 0 Å². The standard InChI is InChI=1S/C19H26N6O2/c1-20-18(23-14-15-5-6-16(26-2)17(13-15)27-3)24-9-11-25(12-10-24)19-21-7-4-8-22-19/h4-8,13H,9-12,14H2,1-3H3,(H,20,23). The van der Waals surface area contributed by atoms with Gasteiger partial charge in [-0.3, -0.25) is 4.99 Å². The lowest BCUT2D eigenvalue weighted by molar-refractivity contribution is 0.354. The van der Waals surface area contributed by atoms with Crippen molar-refractivity contribution in [3.63, 3.8) is 0 Å². The molecule has 0 saturated carbocycles. The number of hydrogen-bond donors (Lipinski definition) is 1. The molecule has 1 N–H and O–H groups in total. The van der Waals surface area contributed by atoms with Gasteiger partial charge < -0.3 is 24.6 Å². The Hall–Kier alpha value is -3.03. The molecule has 1 aliphatic heterocycles. The molecule has 0 bridgehead atoms. The molecule has 144 valence electrons. The van der Waals surface area contributed by atoms with E-state index in [1.165, 1.54) is 0 Å². The molecular weight excluding hydrogens is 344 g/mol. The van der Waals surface area contributed by atoms with Crippen LogP contribution in [0.3, 0.4) is 0 Å². The Balaban J connectivity index is 1.56. The third-order valence-electron chi connectivity index (χ3n) is 4.52. The van der Waals surface area contributed by atoms with Gasteiger partial charge in [0.05, 0.1) is 14.2 Å². The van der Waals surface area contributed by atoms with Gasteiger partial charge in [-0.2, -0.15) is 0 Å². The van der Waals surface area contributed by atoms with Crippen LogP contribution in [0.2, 0.25) is 0 Å². The fraction of sp³-hybridized carbons (Fsp3) is 0.421. The predicted molar refractivity (Wildman–Crippen MR) is 106 cm³/mol. The van der Waals surface area contributed by atoms with E-state index < -0.39 is 0 Å². The number of nitrogens with one attached hydrogen (secondary N) is 1. The minimum atomic E-state index is 0.662. The summed E-state index contributed by atoms with van der Waals surface area (Å²) in [6.45, 7) is 4.12. The number of benzene rings is 1. The Kier molecular flexibility index (Phi) is 6.30. The average molecular weight is 370 g/mol. The van der Waals surface area contributed by atoms with Gasteiger partial charge >= 0.3 is 0 Å². The molecule has 0 amide bonds. The van der Waals surface area contributed by atoms with E-state index in [1.54, 1.807) is 26.6 Å². The number of aliphatic imine (C=N–C) groups is 1. The van der Waals surface area contributed by atoms with E-state index in [1.807, 2.05) is 31.3 Å². The number of nitrogens with zero attached hydrogens (tertiary/aromatic N) is 5. The van der Waals surface area contributed by atoms with Gasteiger partial charge in [0, 0.05) is 52.2 Å². The van der Waals surface area contributed by atoms with Gasteiger partial charge in [-0.1, -0.05) is 6.07 Å². The fourth-order valence-electron chi connectivity index (χ4n) is 3.08. The Labute approximate surface area is 159 Å². The summed E-state index contributed by atoms with van der Waals surface area (Å²) in [5.74, 6) is 3.12. The van der Waals surface area contributed by atoms with Gasteiger partial charge in [0.2, 0.25) is 5.95 Å². The molecule has 0 spiro atoms. The molecule has 8 heteroatoms. The molecule has 3 rings (SSSR count). The molecular formula is C19H26N6O2. The van der Waals surface area contributed by atoms with Crippen molar-refractivity contribution in [2.75, 3.05) is 52.3 Å². The van der Waals surface area contributed by atoms with Gasteiger partial charge in [-0.15, -0.1) is 0 Å². The van der Waals surface area contributed by atoms with E-state index in [4.69, 9.17) is 9.47 Å². The number of piperazine rings is 1. The fourth-order valence-corrected chi connectivity index (χ4v) is 3.08. The third-order valence-corrected chi connectivity index (χ3v) is 4.52. The van der Waals surface area contributed by atoms with Gasteiger partial charge in [0.1, 0.15) is 0 Å². The number of guanidine groups is 1. The lowest BCUT2D eigenvalue weighted by atomic mass is 10.2. The number of ether oxygens (including phenoxy) is 2. The van der Waals surface area contributed by atoms with Crippen LogP contribution in [0.25, 0.3) is 0 Å². The summed E-state index contributed by atoms with van der Waals surface area (Å²) >= 11 is 0. The SMILES string of the molecule is CN=C(NCc1ccc(OC)c(OC)c1)N1CCN(c2ncccn2)CC1. The Morgan fingerprint density at radius 3 is 2.41 bits per heavy atom. The Bertz CT molecular complexity index is 760. The minimum absolute atomic E-state index is 0.662. The van der Waals surface area contributed by atoms with Crippen molar-refractivity contribution < 1.29 is 9.47 Å². The van der Waals surface area contributed by atoms with Crippen LogP contribution in [0.15, 0.2) is 41.7 Å². The van der Waals surface area contributed by atoms with Gasteiger partial charge in [-0.05, 0) is 23.8 Å². The number of anilines is 1. The molecule has 8 nitrogen and oxygen atoms in total. The second kappa shape index (κ2) is 9.07. The highest BCUT2D eigenvalue weighted by Crippen LogP contribution is 2.27. The monoisotopic (exact) mass is 370 g/mol. The van der Waals surface area contributed by atoms with Crippen molar-refractivity contribution in [3.8, 4) is 11.5 Å². The first-order valence-corrected chi connectivity index (χ1v) is 8.93. The molecule has 1 aromatic heterocycles. The molecule has 1 fully saturated rings. The van der Waals surface area contributed by atoms with Gasteiger partial charge in [-0.25, -0.2) is 9.97 Å². The van der Waals surface area contributed by atoms with Crippen molar-refractivity contribution in [2.45, 2.75) is 6.54 Å². The van der Waals surface area contributed by atoms with E-state index in [0.29, 0.717) is 6.54 Å². The Morgan fingerprint density at radius 2 is 1.78 bits per heavy atom. The van der Waals surface area contributed by atoms with Gasteiger partial charge in [0.15, 0.2) is 17.5 Å². The van der Waals surface area contributed by atoms with Crippen LogP contribution in [0.4, 0.5) is 5.95 Å². The maximum atomic E-state index is 5.37. The quantitative estimate of drug-likeness (QED) is 0.630. The molecule has 0 unspecified atom stereocenters. The van der Waals surface area contributed by atoms with Crippen molar-refractivity contribution in [1.82, 2.24) is 20.2 Å². The van der Waals surface area contributed by atoms with Crippen molar-refractivity contribution in [3.05, 3.63) is 42.2 Å². The lowest BCUT2D eigenvalue weighted by Gasteiger charge is -2.36. The Morgan fingerprint density at radius 1 is 1.07 bits per heavy atom. The summed E-state index contributed by atoms with van der Waals surface area (Å²) in [4.78, 5) is 17.5. The molecule has 1 aliphatic rings. The second-order valence-corrected chi connectivity index (χ2v) is 6.11. The zero-order valence-corrected chi connectivity index (χ0v) is 16.1. The van der Waals surface area contributed by atoms with Crippen LogP contribution in [0, 0.1) is 0 Å². The molecule has 0 atom stereocenters. The van der Waals surface area contributed by atoms with Gasteiger partial charge in [0.25, 0.3) is 0 Å². The number of rotatable bonds is 5. The normalized spacial score (nSPS) is 14.9. The molecule has 0 aliphatic carbocycles. The zero-order valence-electron chi connectivity index (χ0n) is 16.1. The van der Waals surface area contributed by atoms with Crippen LogP contribution in [0.1, 0.15) is 5.56 Å². The highest BCUT2D eigenvalue weighted by molar-refractivity contribution is 5.80. The largest absolute Gasteiger partial charge is 0.493 e. The number of hydrogen-bond acceptors (Lipinski definition) is 6. The van der Waals surface area contributed by atoms with Crippen LogP contribution in [0.5, 0.6) is 11.5 Å². The molecule has 1 aromatic carbocycles. The molecule has 27 heavy (non-hydrogen) atoms. The first kappa shape index (κ1) is 18.8. The van der Waals surface area contributed by atoms with E-state index in [-0.39, 0.29) is 0 Å². The number of aromatic nitrogens is 2. The second-order valence-electron chi connectivity index (χ2n) is 6.11. The van der Waals surface area contributed by atoms with E-state index >= 15 is 0 Å². The summed E-state index contributed by atoms with van der Waals surface area (Å²) < 4.78 is 10.7. The molecule has 2 heterocycles. The van der Waals surface area contributed by atoms with Crippen LogP contribution < -0.4 is 19.7 Å². The molecule has 0 radical (unpaired) electrons. The van der Waals surface area contributed by atoms with Crippen LogP contribution in [-0.2, 0) is 6.54 Å². The highest BCUT2D eigenvalue weighted by atomic mass is 16.5. The first-order valence-electron chi connectivity index (χ1n) is 8.93. The lowest BCUT2D eigenvalue weighted by Crippen LogP contribution is -2.52. The minimum Gasteiger partial charge on any atom is -0.493 e. The smallest absolute Gasteiger partial charge is 0.225 e. The average Bonchev–Trinajstić information content (AvgIpc) is 2.75. The first-order chi connectivity index (χ1) is 13.2. The summed E-state index contributed by atoms with van der Waals surface area (Å²) in [6.07, 6.45) is 3.55. The van der Waals surface area contributed by atoms with Crippen LogP contribution in [-0.4, -0.2) is 68.3 Å². The summed E-state index contributed by atoms with van der Waals surface area (Å²) in [6, 6.07) is 7.74. The maximum absolute atomic E-state index is 5.37. The van der Waals surface area contributed by atoms with Crippen molar-refractivity contribution in [1.29, 1.82) is 0 Å². The predicted octanol–water partition coefficient (Wildman–Crippen LogP) is 1.39. The van der Waals surface area contributed by atoms with Crippen molar-refractivity contribution >= 4 is 11.9 Å².